The third kappa shape index (κ3) is 3.08. The normalized spacial score (nSPS) is 17.3. The predicted octanol–water partition coefficient (Wildman–Crippen LogP) is 4.59. The van der Waals surface area contributed by atoms with Crippen molar-refractivity contribution in [2.45, 2.75) is 0 Å². The van der Waals surface area contributed by atoms with E-state index in [-0.39, 0.29) is 12.7 Å². The Kier molecular flexibility index (Phi) is 4.64. The molecule has 2 heterocycles. The third-order valence-electron chi connectivity index (χ3n) is 3.90. The van der Waals surface area contributed by atoms with Crippen molar-refractivity contribution in [3.8, 4) is 17.2 Å². The summed E-state index contributed by atoms with van der Waals surface area (Å²) in [5.74, 6) is 1.90. The second kappa shape index (κ2) is 6.94. The number of carbonyl (C=O) groups is 1. The van der Waals surface area contributed by atoms with Gasteiger partial charge in [-0.1, -0.05) is 39.9 Å². The minimum Gasteiger partial charge on any atom is -0.497 e. The first-order valence-corrected chi connectivity index (χ1v) is 9.60. The van der Waals surface area contributed by atoms with Gasteiger partial charge >= 0.3 is 0 Å². The summed E-state index contributed by atoms with van der Waals surface area (Å²) in [4.78, 5) is 14.9. The molecule has 0 radical (unpaired) electrons. The van der Waals surface area contributed by atoms with Gasteiger partial charge in [-0.15, -0.1) is 0 Å². The fraction of sp³-hybridized carbons (Fsp3) is 0.111. The summed E-state index contributed by atoms with van der Waals surface area (Å²) in [6.45, 7) is 0.199. The largest absolute Gasteiger partial charge is 0.497 e. The monoisotopic (exact) mass is 449 g/mol. The highest BCUT2D eigenvalue weighted by atomic mass is 79.9. The first kappa shape index (κ1) is 17.4. The summed E-state index contributed by atoms with van der Waals surface area (Å²) in [5, 5.41) is 0. The highest BCUT2D eigenvalue weighted by Crippen LogP contribution is 2.41. The van der Waals surface area contributed by atoms with Gasteiger partial charge in [0.2, 0.25) is 6.79 Å². The lowest BCUT2D eigenvalue weighted by atomic mass is 10.2. The van der Waals surface area contributed by atoms with Crippen LogP contribution in [0.3, 0.4) is 0 Å². The standard InChI is InChI=1S/C18H12BrNO4S2/c1-22-12-4-2-11(3-5-12)20-17(21)16(26-18(20)25)7-10-6-14-15(8-13(10)19)24-9-23-14/h2-8H,9H2,1H3. The van der Waals surface area contributed by atoms with E-state index in [1.54, 1.807) is 25.3 Å². The van der Waals surface area contributed by atoms with Crippen molar-refractivity contribution >= 4 is 61.9 Å². The number of hydrogen-bond donors (Lipinski definition) is 0. The van der Waals surface area contributed by atoms with Gasteiger partial charge in [-0.05, 0) is 48.0 Å². The first-order chi connectivity index (χ1) is 12.6. The Bertz CT molecular complexity index is 943. The zero-order chi connectivity index (χ0) is 18.3. The number of benzene rings is 2. The molecule has 132 valence electrons. The summed E-state index contributed by atoms with van der Waals surface area (Å²) in [7, 11) is 1.60. The Hall–Kier alpha value is -2.03. The lowest BCUT2D eigenvalue weighted by Gasteiger charge is -2.14. The molecular weight excluding hydrogens is 438 g/mol. The van der Waals surface area contributed by atoms with Gasteiger partial charge in [0.25, 0.3) is 5.91 Å². The molecule has 0 atom stereocenters. The van der Waals surface area contributed by atoms with Crippen molar-refractivity contribution < 1.29 is 19.0 Å². The quantitative estimate of drug-likeness (QED) is 0.504. The zero-order valence-electron chi connectivity index (χ0n) is 13.5. The smallest absolute Gasteiger partial charge is 0.270 e. The third-order valence-corrected chi connectivity index (χ3v) is 5.89. The van der Waals surface area contributed by atoms with E-state index in [0.29, 0.717) is 26.4 Å². The van der Waals surface area contributed by atoms with Crippen molar-refractivity contribution in [2.75, 3.05) is 18.8 Å². The molecule has 26 heavy (non-hydrogen) atoms. The molecule has 2 aliphatic heterocycles. The van der Waals surface area contributed by atoms with Crippen LogP contribution in [0.25, 0.3) is 6.08 Å². The number of hydrogen-bond acceptors (Lipinski definition) is 6. The van der Waals surface area contributed by atoms with Crippen molar-refractivity contribution in [1.82, 2.24) is 0 Å². The van der Waals surface area contributed by atoms with Gasteiger partial charge in [0.1, 0.15) is 5.75 Å². The Balaban J connectivity index is 1.65. The molecule has 1 saturated heterocycles. The van der Waals surface area contributed by atoms with Crippen LogP contribution in [0.4, 0.5) is 5.69 Å². The molecule has 2 aliphatic rings. The van der Waals surface area contributed by atoms with E-state index in [1.165, 1.54) is 16.7 Å². The van der Waals surface area contributed by atoms with Gasteiger partial charge in [0, 0.05) is 4.47 Å². The van der Waals surface area contributed by atoms with Gasteiger partial charge in [0.15, 0.2) is 15.8 Å². The molecule has 0 N–H and O–H groups in total. The van der Waals surface area contributed by atoms with Gasteiger partial charge < -0.3 is 14.2 Å². The SMILES string of the molecule is COc1ccc(N2C(=O)C(=Cc3cc4c(cc3Br)OCO4)SC2=S)cc1. The number of rotatable bonds is 3. The highest BCUT2D eigenvalue weighted by molar-refractivity contribution is 9.10. The van der Waals surface area contributed by atoms with Gasteiger partial charge in [-0.2, -0.15) is 0 Å². The zero-order valence-corrected chi connectivity index (χ0v) is 16.7. The maximum atomic E-state index is 12.9. The van der Waals surface area contributed by atoms with Crippen LogP contribution in [-0.2, 0) is 4.79 Å². The summed E-state index contributed by atoms with van der Waals surface area (Å²) in [5.41, 5.74) is 1.53. The number of thiocarbonyl (C=S) groups is 1. The summed E-state index contributed by atoms with van der Waals surface area (Å²) in [6.07, 6.45) is 1.80. The fourth-order valence-electron chi connectivity index (χ4n) is 2.61. The van der Waals surface area contributed by atoms with E-state index >= 15 is 0 Å². The van der Waals surface area contributed by atoms with Crippen LogP contribution >= 0.6 is 39.9 Å². The van der Waals surface area contributed by atoms with E-state index in [2.05, 4.69) is 15.9 Å². The maximum Gasteiger partial charge on any atom is 0.270 e. The molecule has 0 saturated carbocycles. The Morgan fingerprint density at radius 3 is 2.62 bits per heavy atom. The van der Waals surface area contributed by atoms with Gasteiger partial charge in [-0.25, -0.2) is 0 Å². The second-order valence-electron chi connectivity index (χ2n) is 5.44. The second-order valence-corrected chi connectivity index (χ2v) is 7.97. The van der Waals surface area contributed by atoms with Crippen LogP contribution in [-0.4, -0.2) is 24.1 Å². The Morgan fingerprint density at radius 2 is 1.92 bits per heavy atom. The molecular formula is C18H12BrNO4S2. The molecule has 0 unspecified atom stereocenters. The summed E-state index contributed by atoms with van der Waals surface area (Å²) >= 11 is 10.2. The van der Waals surface area contributed by atoms with Crippen molar-refractivity contribution in [1.29, 1.82) is 0 Å². The van der Waals surface area contributed by atoms with E-state index < -0.39 is 0 Å². The number of fused-ring (bicyclic) bond motifs is 1. The molecule has 0 spiro atoms. The molecule has 1 fully saturated rings. The molecule has 2 aromatic rings. The van der Waals surface area contributed by atoms with Crippen LogP contribution in [0, 0.1) is 0 Å². The highest BCUT2D eigenvalue weighted by Gasteiger charge is 2.33. The van der Waals surface area contributed by atoms with Crippen molar-refractivity contribution in [3.05, 3.63) is 51.3 Å². The lowest BCUT2D eigenvalue weighted by molar-refractivity contribution is -0.113. The number of nitrogens with zero attached hydrogens (tertiary/aromatic N) is 1. The number of anilines is 1. The van der Waals surface area contributed by atoms with Crippen LogP contribution in [0.5, 0.6) is 17.2 Å². The number of thioether (sulfide) groups is 1. The molecule has 5 nitrogen and oxygen atoms in total. The number of ether oxygens (including phenoxy) is 3. The molecule has 2 aromatic carbocycles. The average Bonchev–Trinajstić information content (AvgIpc) is 3.19. The van der Waals surface area contributed by atoms with E-state index in [1.807, 2.05) is 24.3 Å². The molecule has 0 bridgehead atoms. The minimum atomic E-state index is -0.158. The number of carbonyl (C=O) groups excluding carboxylic acids is 1. The molecule has 4 rings (SSSR count). The lowest BCUT2D eigenvalue weighted by Crippen LogP contribution is -2.27. The number of halogens is 1. The molecule has 0 aliphatic carbocycles. The first-order valence-electron chi connectivity index (χ1n) is 7.58. The molecule has 1 amide bonds. The summed E-state index contributed by atoms with van der Waals surface area (Å²) < 4.78 is 17.2. The van der Waals surface area contributed by atoms with Crippen LogP contribution < -0.4 is 19.1 Å². The minimum absolute atomic E-state index is 0.158. The van der Waals surface area contributed by atoms with Crippen LogP contribution in [0.1, 0.15) is 5.56 Å². The average molecular weight is 450 g/mol. The number of amides is 1. The van der Waals surface area contributed by atoms with Crippen molar-refractivity contribution in [3.63, 3.8) is 0 Å². The Labute approximate surface area is 168 Å². The fourth-order valence-corrected chi connectivity index (χ4v) is 4.33. The molecule has 0 aromatic heterocycles. The molecule has 8 heteroatoms. The van der Waals surface area contributed by atoms with Crippen LogP contribution in [0.2, 0.25) is 0 Å². The van der Waals surface area contributed by atoms with Crippen molar-refractivity contribution in [2.24, 2.45) is 0 Å². The number of methoxy groups -OCH3 is 1. The topological polar surface area (TPSA) is 48.0 Å². The van der Waals surface area contributed by atoms with E-state index in [9.17, 15) is 4.79 Å². The predicted molar refractivity (Wildman–Crippen MR) is 109 cm³/mol. The van der Waals surface area contributed by atoms with Crippen LogP contribution in [0.15, 0.2) is 45.8 Å². The summed E-state index contributed by atoms with van der Waals surface area (Å²) in [6, 6.07) is 10.9. The van der Waals surface area contributed by atoms with E-state index in [0.717, 1.165) is 15.8 Å². The Morgan fingerprint density at radius 1 is 1.23 bits per heavy atom. The van der Waals surface area contributed by atoms with Gasteiger partial charge in [0.05, 0.1) is 17.7 Å². The van der Waals surface area contributed by atoms with Gasteiger partial charge in [-0.3, -0.25) is 9.69 Å². The maximum absolute atomic E-state index is 12.9. The van der Waals surface area contributed by atoms with E-state index in [4.69, 9.17) is 26.4 Å².